The van der Waals surface area contributed by atoms with Crippen molar-refractivity contribution in [3.05, 3.63) is 0 Å². The van der Waals surface area contributed by atoms with E-state index in [0.717, 1.165) is 18.7 Å². The number of alkyl halides is 3. The lowest BCUT2D eigenvalue weighted by atomic mass is 10.1. The van der Waals surface area contributed by atoms with Gasteiger partial charge in [0, 0.05) is 34.0 Å². The Kier molecular flexibility index (Phi) is 8.13. The molecule has 0 spiro atoms. The predicted molar refractivity (Wildman–Crippen MR) is 84.7 cm³/mol. The molecule has 0 aromatic carbocycles. The van der Waals surface area contributed by atoms with Crippen LogP contribution in [0.4, 0.5) is 13.2 Å². The summed E-state index contributed by atoms with van der Waals surface area (Å²) in [7, 11) is 0. The summed E-state index contributed by atoms with van der Waals surface area (Å²) in [5.74, 6) is 1.05. The molecule has 1 rings (SSSR count). The van der Waals surface area contributed by atoms with Gasteiger partial charge >= 0.3 is 6.18 Å². The monoisotopic (exact) mass is 329 g/mol. The molecule has 4 atom stereocenters. The third kappa shape index (κ3) is 6.94. The maximum atomic E-state index is 12.3. The fourth-order valence-electron chi connectivity index (χ4n) is 2.29. The Morgan fingerprint density at radius 1 is 1.25 bits per heavy atom. The Balaban J connectivity index is 2.46. The third-order valence-corrected chi connectivity index (χ3v) is 7.21. The van der Waals surface area contributed by atoms with Crippen molar-refractivity contribution < 1.29 is 13.2 Å². The molecular formula is C14H26F3NS2. The van der Waals surface area contributed by atoms with E-state index in [4.69, 9.17) is 0 Å². The van der Waals surface area contributed by atoms with Gasteiger partial charge in [0.15, 0.2) is 0 Å². The van der Waals surface area contributed by atoms with E-state index in [-0.39, 0.29) is 12.5 Å². The quantitative estimate of drug-likeness (QED) is 0.726. The van der Waals surface area contributed by atoms with Crippen molar-refractivity contribution in [3.63, 3.8) is 0 Å². The Bertz CT molecular complexity index is 274. The second kappa shape index (κ2) is 8.79. The van der Waals surface area contributed by atoms with Crippen LogP contribution in [0.25, 0.3) is 0 Å². The SMILES string of the molecule is CCCNC(CCCC(F)(F)F)C1CSC(C)C(C)S1. The fraction of sp³-hybridized carbons (Fsp3) is 1.00. The smallest absolute Gasteiger partial charge is 0.313 e. The maximum Gasteiger partial charge on any atom is 0.389 e. The molecule has 120 valence electrons. The summed E-state index contributed by atoms with van der Waals surface area (Å²) in [5.41, 5.74) is 0. The molecule has 0 aromatic rings. The van der Waals surface area contributed by atoms with Crippen molar-refractivity contribution in [3.8, 4) is 0 Å². The molecule has 1 saturated heterocycles. The largest absolute Gasteiger partial charge is 0.389 e. The van der Waals surface area contributed by atoms with Crippen LogP contribution in [0.15, 0.2) is 0 Å². The van der Waals surface area contributed by atoms with Gasteiger partial charge in [-0.3, -0.25) is 0 Å². The van der Waals surface area contributed by atoms with E-state index in [1.54, 1.807) is 0 Å². The van der Waals surface area contributed by atoms with Gasteiger partial charge in [-0.05, 0) is 25.8 Å². The summed E-state index contributed by atoms with van der Waals surface area (Å²) in [6, 6.07) is 0.213. The minimum atomic E-state index is -4.02. The molecule has 1 aliphatic heterocycles. The van der Waals surface area contributed by atoms with Crippen LogP contribution in [0.2, 0.25) is 0 Å². The maximum absolute atomic E-state index is 12.3. The lowest BCUT2D eigenvalue weighted by Crippen LogP contribution is -2.43. The first-order valence-corrected chi connectivity index (χ1v) is 9.40. The molecule has 1 aliphatic rings. The molecule has 0 aliphatic carbocycles. The van der Waals surface area contributed by atoms with Crippen molar-refractivity contribution in [1.82, 2.24) is 5.32 Å². The number of hydrogen-bond acceptors (Lipinski definition) is 3. The first-order chi connectivity index (χ1) is 9.33. The molecule has 20 heavy (non-hydrogen) atoms. The Hall–Kier alpha value is 0.450. The molecule has 4 unspecified atom stereocenters. The third-order valence-electron chi connectivity index (χ3n) is 3.65. The van der Waals surface area contributed by atoms with Crippen LogP contribution in [-0.2, 0) is 0 Å². The minimum Gasteiger partial charge on any atom is -0.313 e. The predicted octanol–water partition coefficient (Wildman–Crippen LogP) is 4.71. The highest BCUT2D eigenvalue weighted by Crippen LogP contribution is 2.38. The van der Waals surface area contributed by atoms with Crippen LogP contribution in [0.3, 0.4) is 0 Å². The first-order valence-electron chi connectivity index (χ1n) is 7.40. The van der Waals surface area contributed by atoms with Crippen LogP contribution >= 0.6 is 23.5 Å². The van der Waals surface area contributed by atoms with Gasteiger partial charge < -0.3 is 5.32 Å². The van der Waals surface area contributed by atoms with Crippen molar-refractivity contribution in [2.75, 3.05) is 12.3 Å². The summed E-state index contributed by atoms with van der Waals surface area (Å²) in [5, 5.41) is 5.11. The summed E-state index contributed by atoms with van der Waals surface area (Å²) < 4.78 is 36.9. The van der Waals surface area contributed by atoms with E-state index >= 15 is 0 Å². The van der Waals surface area contributed by atoms with Gasteiger partial charge in [0.1, 0.15) is 0 Å². The van der Waals surface area contributed by atoms with Crippen LogP contribution < -0.4 is 5.32 Å². The highest BCUT2D eigenvalue weighted by atomic mass is 32.2. The van der Waals surface area contributed by atoms with Gasteiger partial charge in [0.05, 0.1) is 0 Å². The average molecular weight is 329 g/mol. The average Bonchev–Trinajstić information content (AvgIpc) is 2.35. The fourth-order valence-corrected chi connectivity index (χ4v) is 5.46. The zero-order chi connectivity index (χ0) is 15.2. The van der Waals surface area contributed by atoms with Crippen molar-refractivity contribution in [1.29, 1.82) is 0 Å². The van der Waals surface area contributed by atoms with E-state index in [9.17, 15) is 13.2 Å². The standard InChI is InChI=1S/C14H26F3NS2/c1-4-8-18-12(6-5-7-14(15,16)17)13-9-19-10(2)11(3)20-13/h10-13,18H,4-9H2,1-3H3. The van der Waals surface area contributed by atoms with Gasteiger partial charge in [-0.25, -0.2) is 0 Å². The van der Waals surface area contributed by atoms with E-state index < -0.39 is 12.6 Å². The highest BCUT2D eigenvalue weighted by Gasteiger charge is 2.32. The van der Waals surface area contributed by atoms with E-state index in [2.05, 4.69) is 26.1 Å². The summed E-state index contributed by atoms with van der Waals surface area (Å²) in [6.45, 7) is 7.44. The van der Waals surface area contributed by atoms with Crippen LogP contribution in [0.1, 0.15) is 46.5 Å². The molecule has 1 N–H and O–H groups in total. The summed E-state index contributed by atoms with van der Waals surface area (Å²) >= 11 is 3.90. The molecule has 1 fully saturated rings. The number of rotatable bonds is 7. The molecule has 0 aromatic heterocycles. The van der Waals surface area contributed by atoms with Gasteiger partial charge in [-0.15, -0.1) is 0 Å². The second-order valence-corrected chi connectivity index (χ2v) is 8.52. The second-order valence-electron chi connectivity index (χ2n) is 5.49. The number of halogens is 3. The topological polar surface area (TPSA) is 12.0 Å². The first kappa shape index (κ1) is 18.5. The van der Waals surface area contributed by atoms with E-state index in [0.29, 0.717) is 22.2 Å². The molecule has 1 nitrogen and oxygen atoms in total. The van der Waals surface area contributed by atoms with Crippen LogP contribution in [0, 0.1) is 0 Å². The van der Waals surface area contributed by atoms with Gasteiger partial charge in [-0.1, -0.05) is 20.8 Å². The van der Waals surface area contributed by atoms with Gasteiger partial charge in [0.25, 0.3) is 0 Å². The van der Waals surface area contributed by atoms with Gasteiger partial charge in [0.2, 0.25) is 0 Å². The molecule has 0 amide bonds. The molecule has 0 saturated carbocycles. The van der Waals surface area contributed by atoms with E-state index in [1.165, 1.54) is 0 Å². The molecular weight excluding hydrogens is 303 g/mol. The molecule has 6 heteroatoms. The number of nitrogens with one attached hydrogen (secondary N) is 1. The van der Waals surface area contributed by atoms with Gasteiger partial charge in [-0.2, -0.15) is 36.7 Å². The highest BCUT2D eigenvalue weighted by molar-refractivity contribution is 8.07. The normalized spacial score (nSPS) is 29.4. The lowest BCUT2D eigenvalue weighted by molar-refractivity contribution is -0.135. The molecule has 1 heterocycles. The Labute approximate surface area is 129 Å². The van der Waals surface area contributed by atoms with Crippen molar-refractivity contribution >= 4 is 23.5 Å². The molecule has 0 bridgehead atoms. The Morgan fingerprint density at radius 2 is 1.95 bits per heavy atom. The zero-order valence-corrected chi connectivity index (χ0v) is 14.1. The summed E-state index contributed by atoms with van der Waals surface area (Å²) in [4.78, 5) is 0. The number of hydrogen-bond donors (Lipinski definition) is 1. The van der Waals surface area contributed by atoms with Crippen molar-refractivity contribution in [2.24, 2.45) is 0 Å². The van der Waals surface area contributed by atoms with Crippen LogP contribution in [0.5, 0.6) is 0 Å². The lowest BCUT2D eigenvalue weighted by Gasteiger charge is -2.36. The Morgan fingerprint density at radius 3 is 2.50 bits per heavy atom. The van der Waals surface area contributed by atoms with E-state index in [1.807, 2.05) is 23.5 Å². The summed E-state index contributed by atoms with van der Waals surface area (Å²) in [6.07, 6.45) is -2.80. The van der Waals surface area contributed by atoms with Crippen LogP contribution in [-0.4, -0.2) is 40.3 Å². The van der Waals surface area contributed by atoms with Crippen molar-refractivity contribution in [2.45, 2.75) is 74.4 Å². The minimum absolute atomic E-state index is 0.213. The number of thioether (sulfide) groups is 2. The zero-order valence-electron chi connectivity index (χ0n) is 12.5. The molecule has 0 radical (unpaired) electrons.